The molecule has 0 radical (unpaired) electrons. The lowest BCUT2D eigenvalue weighted by Gasteiger charge is -2.38. The molecule has 2 fully saturated rings. The molecule has 6 rings (SSSR count). The molecular weight excluding hydrogens is 428 g/mol. The molecule has 2 N–H and O–H groups in total. The first-order valence-electron chi connectivity index (χ1n) is 12.5. The first kappa shape index (κ1) is 21.5. The molecular formula is C26H32N6O2. The molecule has 2 aromatic rings. The van der Waals surface area contributed by atoms with E-state index in [2.05, 4.69) is 31.2 Å². The van der Waals surface area contributed by atoms with Crippen molar-refractivity contribution in [2.45, 2.75) is 51.0 Å². The van der Waals surface area contributed by atoms with Crippen LogP contribution in [0.15, 0.2) is 29.2 Å². The molecule has 8 heteroatoms. The maximum absolute atomic E-state index is 12.8. The lowest BCUT2D eigenvalue weighted by molar-refractivity contribution is 0.0963. The summed E-state index contributed by atoms with van der Waals surface area (Å²) in [5.41, 5.74) is 4.28. The Balaban J connectivity index is 1.12. The third-order valence-electron chi connectivity index (χ3n) is 8.25. The van der Waals surface area contributed by atoms with Crippen LogP contribution in [0, 0.1) is 5.41 Å². The second kappa shape index (κ2) is 8.34. The molecule has 178 valence electrons. The molecule has 3 heterocycles. The van der Waals surface area contributed by atoms with Gasteiger partial charge in [0.15, 0.2) is 0 Å². The SMILES string of the molecule is CNC(=O)c1ccnc(N2CCN([C@H]3C=C(c4nc5c(c(=O)[nH]4)CC4(CC5)CC4)CC3)CC2)c1. The van der Waals surface area contributed by atoms with Gasteiger partial charge in [-0.3, -0.25) is 14.5 Å². The molecule has 4 aliphatic rings. The maximum atomic E-state index is 12.8. The average Bonchev–Trinajstić information content (AvgIpc) is 3.43. The quantitative estimate of drug-likeness (QED) is 0.726. The highest BCUT2D eigenvalue weighted by atomic mass is 16.1. The van der Waals surface area contributed by atoms with Crippen LogP contribution in [-0.2, 0) is 12.8 Å². The molecule has 1 spiro atoms. The number of carbonyl (C=O) groups excluding carboxylic acids is 1. The van der Waals surface area contributed by atoms with Crippen molar-refractivity contribution in [3.8, 4) is 0 Å². The summed E-state index contributed by atoms with van der Waals surface area (Å²) in [6, 6.07) is 3.98. The van der Waals surface area contributed by atoms with Crippen molar-refractivity contribution in [3.63, 3.8) is 0 Å². The molecule has 1 aliphatic heterocycles. The summed E-state index contributed by atoms with van der Waals surface area (Å²) in [6.07, 6.45) is 11.6. The smallest absolute Gasteiger partial charge is 0.254 e. The standard InChI is InChI=1S/C26H32N6O2/c1-27-24(33)18-5-9-28-22(15-18)32-12-10-31(11-13-32)19-3-2-17(14-19)23-29-21-4-6-26(7-8-26)16-20(21)25(34)30-23/h5,9,14-15,19H,2-4,6-8,10-13,16H2,1H3,(H,27,33)(H,29,30,34)/t19-/m1/s1. The molecule has 2 aromatic heterocycles. The predicted molar refractivity (Wildman–Crippen MR) is 131 cm³/mol. The maximum Gasteiger partial charge on any atom is 0.254 e. The number of fused-ring (bicyclic) bond motifs is 1. The van der Waals surface area contributed by atoms with Crippen LogP contribution in [0.5, 0.6) is 0 Å². The van der Waals surface area contributed by atoms with E-state index in [1.807, 2.05) is 6.07 Å². The third kappa shape index (κ3) is 3.94. The number of aryl methyl sites for hydroxylation is 1. The Kier molecular flexibility index (Phi) is 5.28. The van der Waals surface area contributed by atoms with Gasteiger partial charge in [-0.15, -0.1) is 0 Å². The number of pyridine rings is 1. The molecule has 0 bridgehead atoms. The number of aromatic amines is 1. The zero-order valence-electron chi connectivity index (χ0n) is 19.8. The van der Waals surface area contributed by atoms with Crippen molar-refractivity contribution in [1.82, 2.24) is 25.2 Å². The van der Waals surface area contributed by atoms with Crippen LogP contribution < -0.4 is 15.8 Å². The number of anilines is 1. The van der Waals surface area contributed by atoms with Gasteiger partial charge in [-0.05, 0) is 68.1 Å². The molecule has 1 saturated heterocycles. The van der Waals surface area contributed by atoms with Gasteiger partial charge in [0.2, 0.25) is 0 Å². The highest BCUT2D eigenvalue weighted by molar-refractivity contribution is 5.94. The summed E-state index contributed by atoms with van der Waals surface area (Å²) in [5, 5.41) is 2.67. The minimum absolute atomic E-state index is 0.0791. The third-order valence-corrected chi connectivity index (χ3v) is 8.25. The van der Waals surface area contributed by atoms with Crippen molar-refractivity contribution in [2.75, 3.05) is 38.1 Å². The molecule has 1 amide bonds. The monoisotopic (exact) mass is 460 g/mol. The molecule has 0 aromatic carbocycles. The molecule has 34 heavy (non-hydrogen) atoms. The Bertz CT molecular complexity index is 1210. The molecule has 1 saturated carbocycles. The second-order valence-electron chi connectivity index (χ2n) is 10.3. The summed E-state index contributed by atoms with van der Waals surface area (Å²) in [7, 11) is 1.64. The van der Waals surface area contributed by atoms with E-state index in [9.17, 15) is 9.59 Å². The average molecular weight is 461 g/mol. The van der Waals surface area contributed by atoms with Gasteiger partial charge in [0.25, 0.3) is 11.5 Å². The van der Waals surface area contributed by atoms with Gasteiger partial charge in [0.05, 0.1) is 5.69 Å². The highest BCUT2D eigenvalue weighted by Gasteiger charge is 2.45. The number of rotatable bonds is 4. The number of H-pyrrole nitrogens is 1. The van der Waals surface area contributed by atoms with Crippen LogP contribution >= 0.6 is 0 Å². The molecule has 1 atom stereocenters. The first-order valence-corrected chi connectivity index (χ1v) is 12.5. The van der Waals surface area contributed by atoms with Gasteiger partial charge in [-0.25, -0.2) is 9.97 Å². The number of carbonyl (C=O) groups is 1. The number of piperazine rings is 1. The highest BCUT2D eigenvalue weighted by Crippen LogP contribution is 2.53. The number of aromatic nitrogens is 3. The largest absolute Gasteiger partial charge is 0.355 e. The van der Waals surface area contributed by atoms with Crippen molar-refractivity contribution in [2.24, 2.45) is 5.41 Å². The van der Waals surface area contributed by atoms with E-state index >= 15 is 0 Å². The number of hydrogen-bond acceptors (Lipinski definition) is 6. The van der Waals surface area contributed by atoms with Gasteiger partial charge >= 0.3 is 0 Å². The summed E-state index contributed by atoms with van der Waals surface area (Å²) in [5.74, 6) is 1.55. The van der Waals surface area contributed by atoms with Crippen LogP contribution in [-0.4, -0.2) is 65.0 Å². The van der Waals surface area contributed by atoms with Gasteiger partial charge in [-0.1, -0.05) is 6.08 Å². The second-order valence-corrected chi connectivity index (χ2v) is 10.3. The van der Waals surface area contributed by atoms with Crippen molar-refractivity contribution in [1.29, 1.82) is 0 Å². The summed E-state index contributed by atoms with van der Waals surface area (Å²) in [6.45, 7) is 3.63. The van der Waals surface area contributed by atoms with E-state index in [1.165, 1.54) is 24.8 Å². The fourth-order valence-corrected chi connectivity index (χ4v) is 5.88. The van der Waals surface area contributed by atoms with E-state index in [-0.39, 0.29) is 11.5 Å². The number of allylic oxidation sites excluding steroid dienone is 1. The number of amides is 1. The van der Waals surface area contributed by atoms with Crippen LogP contribution in [0.4, 0.5) is 5.82 Å². The topological polar surface area (TPSA) is 94.2 Å². The van der Waals surface area contributed by atoms with E-state index < -0.39 is 0 Å². The van der Waals surface area contributed by atoms with Gasteiger partial charge in [-0.2, -0.15) is 0 Å². The van der Waals surface area contributed by atoms with E-state index in [4.69, 9.17) is 4.98 Å². The first-order chi connectivity index (χ1) is 16.5. The minimum atomic E-state index is -0.0909. The number of hydrogen-bond donors (Lipinski definition) is 2. The van der Waals surface area contributed by atoms with Gasteiger partial charge in [0, 0.05) is 56.6 Å². The number of nitrogens with zero attached hydrogens (tertiary/aromatic N) is 4. The molecule has 3 aliphatic carbocycles. The Morgan fingerprint density at radius 3 is 2.76 bits per heavy atom. The van der Waals surface area contributed by atoms with Crippen LogP contribution in [0.3, 0.4) is 0 Å². The normalized spacial score (nSPS) is 23.5. The zero-order valence-corrected chi connectivity index (χ0v) is 19.8. The van der Waals surface area contributed by atoms with Crippen molar-refractivity contribution in [3.05, 3.63) is 57.4 Å². The Morgan fingerprint density at radius 2 is 2.00 bits per heavy atom. The van der Waals surface area contributed by atoms with Gasteiger partial charge < -0.3 is 15.2 Å². The van der Waals surface area contributed by atoms with Crippen LogP contribution in [0.25, 0.3) is 5.57 Å². The van der Waals surface area contributed by atoms with E-state index in [0.29, 0.717) is 17.0 Å². The summed E-state index contributed by atoms with van der Waals surface area (Å²) < 4.78 is 0. The summed E-state index contributed by atoms with van der Waals surface area (Å²) in [4.78, 5) is 42.1. The van der Waals surface area contributed by atoms with Crippen LogP contribution in [0.2, 0.25) is 0 Å². The Morgan fingerprint density at radius 1 is 1.18 bits per heavy atom. The fourth-order valence-electron chi connectivity index (χ4n) is 5.88. The fraction of sp³-hybridized carbons (Fsp3) is 0.538. The minimum Gasteiger partial charge on any atom is -0.355 e. The molecule has 8 nitrogen and oxygen atoms in total. The lowest BCUT2D eigenvalue weighted by atomic mass is 9.84. The Hall–Kier alpha value is -3.00. The molecule has 0 unspecified atom stereocenters. The van der Waals surface area contributed by atoms with Crippen molar-refractivity contribution >= 4 is 17.3 Å². The van der Waals surface area contributed by atoms with Crippen LogP contribution in [0.1, 0.15) is 59.5 Å². The lowest BCUT2D eigenvalue weighted by Crippen LogP contribution is -2.49. The number of nitrogens with one attached hydrogen (secondary N) is 2. The van der Waals surface area contributed by atoms with Crippen molar-refractivity contribution < 1.29 is 4.79 Å². The Labute approximate surface area is 199 Å². The van der Waals surface area contributed by atoms with Gasteiger partial charge in [0.1, 0.15) is 11.6 Å². The van der Waals surface area contributed by atoms with E-state index in [0.717, 1.165) is 74.8 Å². The predicted octanol–water partition coefficient (Wildman–Crippen LogP) is 2.16. The zero-order chi connectivity index (χ0) is 23.3. The van der Waals surface area contributed by atoms with E-state index in [1.54, 1.807) is 19.3 Å². The summed E-state index contributed by atoms with van der Waals surface area (Å²) >= 11 is 0.